The summed E-state index contributed by atoms with van der Waals surface area (Å²) in [7, 11) is 0. The van der Waals surface area contributed by atoms with E-state index in [0.29, 0.717) is 16.9 Å². The summed E-state index contributed by atoms with van der Waals surface area (Å²) in [5.74, 6) is 0.185. The summed E-state index contributed by atoms with van der Waals surface area (Å²) >= 11 is 0. The van der Waals surface area contributed by atoms with E-state index in [0.717, 1.165) is 11.3 Å². The molecule has 178 valence electrons. The van der Waals surface area contributed by atoms with Crippen molar-refractivity contribution >= 4 is 22.9 Å². The highest BCUT2D eigenvalue weighted by Gasteiger charge is 2.43. The van der Waals surface area contributed by atoms with E-state index in [2.05, 4.69) is 0 Å². The number of para-hydroxylation sites is 2. The molecule has 0 spiro atoms. The number of fused-ring (bicyclic) bond motifs is 1. The number of hydrogen-bond acceptors (Lipinski definition) is 6. The van der Waals surface area contributed by atoms with E-state index in [1.807, 2.05) is 65.6 Å². The number of nitro groups is 1. The van der Waals surface area contributed by atoms with Gasteiger partial charge in [-0.25, -0.2) is 0 Å². The number of non-ortho nitro benzene ring substituents is 1. The van der Waals surface area contributed by atoms with Gasteiger partial charge in [0.05, 0.1) is 11.5 Å². The van der Waals surface area contributed by atoms with Gasteiger partial charge in [0, 0.05) is 34.5 Å². The minimum absolute atomic E-state index is 0.0528. The van der Waals surface area contributed by atoms with Gasteiger partial charge in [-0.15, -0.1) is 0 Å². The molecular weight excluding hydrogens is 456 g/mol. The number of nitro benzene ring substituents is 1. The fourth-order valence-electron chi connectivity index (χ4n) is 4.48. The van der Waals surface area contributed by atoms with Crippen molar-refractivity contribution in [2.75, 3.05) is 11.4 Å². The van der Waals surface area contributed by atoms with E-state index in [4.69, 9.17) is 4.74 Å². The summed E-state index contributed by atoms with van der Waals surface area (Å²) in [5.41, 5.74) is 2.35. The van der Waals surface area contributed by atoms with Crippen molar-refractivity contribution in [1.82, 2.24) is 0 Å². The van der Waals surface area contributed by atoms with Crippen molar-refractivity contribution in [2.45, 2.75) is 12.1 Å². The lowest BCUT2D eigenvalue weighted by Gasteiger charge is -2.33. The Morgan fingerprint density at radius 2 is 1.39 bits per heavy atom. The number of anilines is 1. The summed E-state index contributed by atoms with van der Waals surface area (Å²) in [6.45, 7) is -0.0528. The van der Waals surface area contributed by atoms with Crippen molar-refractivity contribution < 1.29 is 19.2 Å². The van der Waals surface area contributed by atoms with Gasteiger partial charge in [0.1, 0.15) is 11.8 Å². The molecule has 4 aromatic rings. The van der Waals surface area contributed by atoms with Crippen LogP contribution < -0.4 is 9.64 Å². The molecule has 0 N–H and O–H groups in total. The maximum atomic E-state index is 13.6. The van der Waals surface area contributed by atoms with Crippen molar-refractivity contribution in [3.8, 4) is 5.75 Å². The molecule has 0 bridgehead atoms. The quantitative estimate of drug-likeness (QED) is 0.184. The summed E-state index contributed by atoms with van der Waals surface area (Å²) in [6.07, 6.45) is -0.866. The molecule has 0 saturated heterocycles. The van der Waals surface area contributed by atoms with E-state index in [1.54, 1.807) is 24.3 Å². The molecule has 2 atom stereocenters. The summed E-state index contributed by atoms with van der Waals surface area (Å²) < 4.78 is 6.19. The van der Waals surface area contributed by atoms with E-state index >= 15 is 0 Å². The Kier molecular flexibility index (Phi) is 6.28. The van der Waals surface area contributed by atoms with Crippen molar-refractivity contribution in [3.05, 3.63) is 136 Å². The lowest BCUT2D eigenvalue weighted by atomic mass is 9.94. The minimum atomic E-state index is -0.866. The second-order valence-electron chi connectivity index (χ2n) is 8.44. The number of ether oxygens (including phenoxy) is 1. The van der Waals surface area contributed by atoms with Crippen LogP contribution in [0.2, 0.25) is 0 Å². The van der Waals surface area contributed by atoms with Crippen LogP contribution in [0, 0.1) is 10.1 Å². The zero-order valence-electron chi connectivity index (χ0n) is 19.2. The molecule has 7 nitrogen and oxygen atoms in total. The molecule has 0 saturated carbocycles. The summed E-state index contributed by atoms with van der Waals surface area (Å²) in [6, 6.07) is 30.8. The van der Waals surface area contributed by atoms with Crippen LogP contribution in [0.5, 0.6) is 5.75 Å². The smallest absolute Gasteiger partial charge is 0.269 e. The zero-order chi connectivity index (χ0) is 25.1. The number of nitrogens with zero attached hydrogens (tertiary/aromatic N) is 2. The lowest BCUT2D eigenvalue weighted by molar-refractivity contribution is -0.384. The molecule has 7 heteroatoms. The molecule has 0 amide bonds. The normalized spacial score (nSPS) is 16.0. The first-order valence-corrected chi connectivity index (χ1v) is 11.5. The third kappa shape index (κ3) is 4.46. The van der Waals surface area contributed by atoms with Gasteiger partial charge in [0.25, 0.3) is 5.69 Å². The van der Waals surface area contributed by atoms with Gasteiger partial charge >= 0.3 is 0 Å². The van der Waals surface area contributed by atoms with Crippen molar-refractivity contribution in [1.29, 1.82) is 0 Å². The fraction of sp³-hybridized carbons (Fsp3) is 0.103. The molecule has 4 aromatic carbocycles. The third-order valence-electron chi connectivity index (χ3n) is 6.23. The number of carbonyl (C=O) groups excluding carboxylic acids is 2. The molecule has 36 heavy (non-hydrogen) atoms. The molecule has 2 unspecified atom stereocenters. The highest BCUT2D eigenvalue weighted by Crippen LogP contribution is 2.43. The van der Waals surface area contributed by atoms with E-state index in [1.165, 1.54) is 24.3 Å². The minimum Gasteiger partial charge on any atom is -0.479 e. The van der Waals surface area contributed by atoms with Crippen LogP contribution in [-0.2, 0) is 0 Å². The first-order valence-electron chi connectivity index (χ1n) is 11.5. The van der Waals surface area contributed by atoms with Crippen LogP contribution in [0.4, 0.5) is 11.4 Å². The number of Topliss-reactive ketones (excluding diaryl/α,β-unsaturated/α-hetero) is 2. The Balaban J connectivity index is 1.55. The predicted octanol–water partition coefficient (Wildman–Crippen LogP) is 5.67. The molecule has 1 aliphatic heterocycles. The molecular formula is C29H22N2O5. The monoisotopic (exact) mass is 478 g/mol. The van der Waals surface area contributed by atoms with Gasteiger partial charge in [-0.3, -0.25) is 19.7 Å². The highest BCUT2D eigenvalue weighted by atomic mass is 16.6. The standard InChI is InChI=1S/C29H22N2O5/c32-25(20-15-17-23(18-16-20)31(34)35)19-30(22-11-5-2-6-12-22)27-24-13-7-8-14-26(24)36-29(27)28(33)21-9-3-1-4-10-21/h1-18,27,29H,19H2. The summed E-state index contributed by atoms with van der Waals surface area (Å²) in [4.78, 5) is 39.4. The van der Waals surface area contributed by atoms with E-state index < -0.39 is 17.1 Å². The van der Waals surface area contributed by atoms with Crippen LogP contribution >= 0.6 is 0 Å². The Labute approximate surface area is 207 Å². The topological polar surface area (TPSA) is 89.8 Å². The van der Waals surface area contributed by atoms with Gasteiger partial charge in [-0.05, 0) is 30.3 Å². The number of carbonyl (C=O) groups is 2. The second kappa shape index (κ2) is 9.84. The van der Waals surface area contributed by atoms with Crippen LogP contribution in [0.25, 0.3) is 0 Å². The number of ketones is 2. The SMILES string of the molecule is O=C(CN(c1ccccc1)C1c2ccccc2OC1C(=O)c1ccccc1)c1ccc([N+](=O)[O-])cc1. The second-order valence-corrected chi connectivity index (χ2v) is 8.44. The van der Waals surface area contributed by atoms with Gasteiger partial charge in [0.2, 0.25) is 5.78 Å². The number of hydrogen-bond donors (Lipinski definition) is 0. The molecule has 1 heterocycles. The third-order valence-corrected chi connectivity index (χ3v) is 6.23. The first kappa shape index (κ1) is 23.0. The molecule has 0 aliphatic carbocycles. The summed E-state index contributed by atoms with van der Waals surface area (Å²) in [5, 5.41) is 11.0. The molecule has 0 radical (unpaired) electrons. The van der Waals surface area contributed by atoms with Gasteiger partial charge in [0.15, 0.2) is 11.9 Å². The Bertz CT molecular complexity index is 1400. The predicted molar refractivity (Wildman–Crippen MR) is 136 cm³/mol. The van der Waals surface area contributed by atoms with Gasteiger partial charge in [-0.1, -0.05) is 66.7 Å². The van der Waals surface area contributed by atoms with Crippen LogP contribution in [0.1, 0.15) is 32.3 Å². The fourth-order valence-corrected chi connectivity index (χ4v) is 4.48. The Hall–Kier alpha value is -4.78. The molecule has 0 aromatic heterocycles. The average molecular weight is 479 g/mol. The zero-order valence-corrected chi connectivity index (χ0v) is 19.2. The maximum absolute atomic E-state index is 13.6. The maximum Gasteiger partial charge on any atom is 0.269 e. The van der Waals surface area contributed by atoms with Crippen LogP contribution in [0.3, 0.4) is 0 Å². The molecule has 0 fully saturated rings. The lowest BCUT2D eigenvalue weighted by Crippen LogP contribution is -2.42. The van der Waals surface area contributed by atoms with Gasteiger partial charge < -0.3 is 9.64 Å². The number of rotatable bonds is 8. The Morgan fingerprint density at radius 1 is 0.778 bits per heavy atom. The van der Waals surface area contributed by atoms with E-state index in [9.17, 15) is 19.7 Å². The van der Waals surface area contributed by atoms with Crippen molar-refractivity contribution in [3.63, 3.8) is 0 Å². The highest BCUT2D eigenvalue weighted by molar-refractivity contribution is 6.02. The van der Waals surface area contributed by atoms with E-state index in [-0.39, 0.29) is 23.8 Å². The molecule has 1 aliphatic rings. The average Bonchev–Trinajstić information content (AvgIpc) is 3.31. The van der Waals surface area contributed by atoms with Crippen molar-refractivity contribution in [2.24, 2.45) is 0 Å². The number of benzene rings is 4. The first-order chi connectivity index (χ1) is 17.5. The largest absolute Gasteiger partial charge is 0.479 e. The molecule has 5 rings (SSSR count). The Morgan fingerprint density at radius 3 is 2.06 bits per heavy atom. The van der Waals surface area contributed by atoms with Crippen LogP contribution in [0.15, 0.2) is 109 Å². The van der Waals surface area contributed by atoms with Crippen LogP contribution in [-0.4, -0.2) is 29.1 Å². The van der Waals surface area contributed by atoms with Gasteiger partial charge in [-0.2, -0.15) is 0 Å².